The van der Waals surface area contributed by atoms with Crippen LogP contribution in [0.5, 0.6) is 5.75 Å². The molecule has 6 nitrogen and oxygen atoms in total. The number of aryl methyl sites for hydroxylation is 2. The van der Waals surface area contributed by atoms with Crippen molar-refractivity contribution in [1.29, 1.82) is 0 Å². The van der Waals surface area contributed by atoms with Crippen LogP contribution in [0.2, 0.25) is 0 Å². The number of amides is 1. The lowest BCUT2D eigenvalue weighted by molar-refractivity contribution is -0.113. The van der Waals surface area contributed by atoms with Crippen molar-refractivity contribution in [2.75, 3.05) is 18.2 Å². The molecule has 4 aromatic rings. The average Bonchev–Trinajstić information content (AvgIpc) is 3.22. The van der Waals surface area contributed by atoms with Crippen LogP contribution < -0.4 is 10.1 Å². The molecule has 1 N–H and O–H groups in total. The number of carbonyl (C=O) groups is 1. The molecule has 33 heavy (non-hydrogen) atoms. The van der Waals surface area contributed by atoms with Gasteiger partial charge in [-0.05, 0) is 55.4 Å². The Morgan fingerprint density at radius 1 is 1.21 bits per heavy atom. The third-order valence-electron chi connectivity index (χ3n) is 5.96. The van der Waals surface area contributed by atoms with Crippen molar-refractivity contribution in [3.63, 3.8) is 0 Å². The molecule has 1 aliphatic rings. The van der Waals surface area contributed by atoms with Crippen molar-refractivity contribution in [2.24, 2.45) is 0 Å². The highest BCUT2D eigenvalue weighted by Crippen LogP contribution is 2.41. The topological polar surface area (TPSA) is 77.0 Å². The third kappa shape index (κ3) is 4.42. The van der Waals surface area contributed by atoms with E-state index in [1.165, 1.54) is 46.8 Å². The maximum Gasteiger partial charge on any atom is 0.234 e. The Labute approximate surface area is 201 Å². The molecule has 0 saturated heterocycles. The molecule has 8 heteroatoms. The van der Waals surface area contributed by atoms with Gasteiger partial charge < -0.3 is 10.1 Å². The van der Waals surface area contributed by atoms with E-state index in [0.29, 0.717) is 11.4 Å². The number of fused-ring (bicyclic) bond motifs is 5. The molecular weight excluding hydrogens is 452 g/mol. The number of nitrogens with one attached hydrogen (secondary N) is 1. The lowest BCUT2D eigenvalue weighted by atomic mass is 9.88. The Morgan fingerprint density at radius 3 is 2.88 bits per heavy atom. The number of ether oxygens (including phenoxy) is 1. The van der Waals surface area contributed by atoms with Gasteiger partial charge in [-0.15, -0.1) is 11.3 Å². The maximum atomic E-state index is 12.6. The molecule has 0 atom stereocenters. The normalized spacial score (nSPS) is 13.3. The number of aromatic nitrogens is 3. The first-order chi connectivity index (χ1) is 16.2. The molecule has 1 aliphatic carbocycles. The predicted octanol–water partition coefficient (Wildman–Crippen LogP) is 5.81. The average molecular weight is 479 g/mol. The lowest BCUT2D eigenvalue weighted by Crippen LogP contribution is -2.14. The first kappa shape index (κ1) is 22.1. The van der Waals surface area contributed by atoms with Crippen LogP contribution in [0.4, 0.5) is 5.69 Å². The number of hydrogen-bond acceptors (Lipinski definition) is 7. The summed E-state index contributed by atoms with van der Waals surface area (Å²) in [4.78, 5) is 27.9. The first-order valence-corrected chi connectivity index (χ1v) is 13.1. The van der Waals surface area contributed by atoms with Crippen molar-refractivity contribution in [3.8, 4) is 5.75 Å². The first-order valence-electron chi connectivity index (χ1n) is 11.3. The number of nitrogens with zero attached hydrogens (tertiary/aromatic N) is 3. The number of rotatable bonds is 7. The maximum absolute atomic E-state index is 12.6. The largest absolute Gasteiger partial charge is 0.497 e. The quantitative estimate of drug-likeness (QED) is 0.267. The van der Waals surface area contributed by atoms with Crippen LogP contribution in [0.25, 0.3) is 20.4 Å². The summed E-state index contributed by atoms with van der Waals surface area (Å²) in [5.74, 6) is 0.896. The fourth-order valence-electron chi connectivity index (χ4n) is 4.50. The second-order valence-corrected chi connectivity index (χ2v) is 10.1. The fraction of sp³-hybridized carbons (Fsp3) is 0.360. The minimum atomic E-state index is -0.0816. The van der Waals surface area contributed by atoms with Crippen molar-refractivity contribution >= 4 is 55.1 Å². The molecule has 5 rings (SSSR count). The molecular formula is C25H26N4O2S2. The number of thiophene rings is 1. The fourth-order valence-corrected chi connectivity index (χ4v) is 6.55. The minimum Gasteiger partial charge on any atom is -0.497 e. The van der Waals surface area contributed by atoms with E-state index in [1.54, 1.807) is 30.8 Å². The number of carbonyl (C=O) groups excluding carboxylic acids is 1. The van der Waals surface area contributed by atoms with E-state index in [9.17, 15) is 4.79 Å². The van der Waals surface area contributed by atoms with E-state index in [0.717, 1.165) is 45.8 Å². The summed E-state index contributed by atoms with van der Waals surface area (Å²) in [6.45, 7) is 2.21. The van der Waals surface area contributed by atoms with Crippen LogP contribution in [0.3, 0.4) is 0 Å². The third-order valence-corrected chi connectivity index (χ3v) is 8.15. The summed E-state index contributed by atoms with van der Waals surface area (Å²) in [6.07, 6.45) is 8.38. The Hall–Kier alpha value is -2.71. The van der Waals surface area contributed by atoms with Gasteiger partial charge in [0, 0.05) is 22.8 Å². The van der Waals surface area contributed by atoms with E-state index in [4.69, 9.17) is 9.72 Å². The Balaban J connectivity index is 1.44. The van der Waals surface area contributed by atoms with Crippen LogP contribution in [-0.2, 0) is 24.1 Å². The van der Waals surface area contributed by atoms with E-state index in [2.05, 4.69) is 22.2 Å². The van der Waals surface area contributed by atoms with Gasteiger partial charge in [0.15, 0.2) is 0 Å². The highest BCUT2D eigenvalue weighted by atomic mass is 32.2. The van der Waals surface area contributed by atoms with Gasteiger partial charge in [0.05, 0.1) is 23.1 Å². The molecule has 0 saturated carbocycles. The summed E-state index contributed by atoms with van der Waals surface area (Å²) in [5, 5.41) is 4.97. The van der Waals surface area contributed by atoms with Gasteiger partial charge in [0.2, 0.25) is 5.91 Å². The predicted molar refractivity (Wildman–Crippen MR) is 136 cm³/mol. The molecule has 0 aliphatic heterocycles. The number of anilines is 1. The van der Waals surface area contributed by atoms with E-state index in [1.807, 2.05) is 18.2 Å². The molecule has 0 unspecified atom stereocenters. The molecule has 1 aromatic carbocycles. The van der Waals surface area contributed by atoms with Crippen molar-refractivity contribution in [1.82, 2.24) is 15.0 Å². The van der Waals surface area contributed by atoms with Crippen molar-refractivity contribution < 1.29 is 9.53 Å². The summed E-state index contributed by atoms with van der Waals surface area (Å²) in [5.41, 5.74) is 5.83. The van der Waals surface area contributed by atoms with E-state index < -0.39 is 0 Å². The lowest BCUT2D eigenvalue weighted by Gasteiger charge is -2.19. The van der Waals surface area contributed by atoms with Crippen LogP contribution in [0.1, 0.15) is 43.0 Å². The van der Waals surface area contributed by atoms with E-state index >= 15 is 0 Å². The molecule has 1 amide bonds. The minimum absolute atomic E-state index is 0.0816. The van der Waals surface area contributed by atoms with Crippen molar-refractivity contribution in [2.45, 2.75) is 50.5 Å². The smallest absolute Gasteiger partial charge is 0.234 e. The molecule has 170 valence electrons. The van der Waals surface area contributed by atoms with Gasteiger partial charge in [0.25, 0.3) is 0 Å². The highest BCUT2D eigenvalue weighted by Gasteiger charge is 2.23. The van der Waals surface area contributed by atoms with Crippen LogP contribution in [-0.4, -0.2) is 33.7 Å². The monoisotopic (exact) mass is 478 g/mol. The Morgan fingerprint density at radius 2 is 2.06 bits per heavy atom. The number of thioether (sulfide) groups is 1. The zero-order chi connectivity index (χ0) is 22.8. The molecule has 0 radical (unpaired) electrons. The summed E-state index contributed by atoms with van der Waals surface area (Å²) in [6, 6.07) is 7.36. The van der Waals surface area contributed by atoms with Crippen LogP contribution in [0.15, 0.2) is 35.6 Å². The second kappa shape index (κ2) is 9.65. The number of methoxy groups -OCH3 is 1. The second-order valence-electron chi connectivity index (χ2n) is 8.18. The van der Waals surface area contributed by atoms with Gasteiger partial charge in [-0.25, -0.2) is 15.0 Å². The van der Waals surface area contributed by atoms with Gasteiger partial charge in [-0.1, -0.05) is 31.2 Å². The zero-order valence-corrected chi connectivity index (χ0v) is 20.4. The number of hydrogen-bond donors (Lipinski definition) is 1. The Bertz CT molecular complexity index is 1340. The zero-order valence-electron chi connectivity index (χ0n) is 18.8. The van der Waals surface area contributed by atoms with Gasteiger partial charge in [-0.2, -0.15) is 0 Å². The number of pyridine rings is 1. The van der Waals surface area contributed by atoms with Crippen molar-refractivity contribution in [3.05, 3.63) is 47.4 Å². The molecule has 3 heterocycles. The van der Waals surface area contributed by atoms with Gasteiger partial charge >= 0.3 is 0 Å². The van der Waals surface area contributed by atoms with E-state index in [-0.39, 0.29) is 11.7 Å². The van der Waals surface area contributed by atoms with Gasteiger partial charge in [0.1, 0.15) is 21.9 Å². The molecule has 0 spiro atoms. The molecule has 0 bridgehead atoms. The Kier molecular flexibility index (Phi) is 6.46. The van der Waals surface area contributed by atoms with Crippen LogP contribution >= 0.6 is 23.1 Å². The van der Waals surface area contributed by atoms with Crippen LogP contribution in [0, 0.1) is 0 Å². The summed E-state index contributed by atoms with van der Waals surface area (Å²) in [7, 11) is 1.61. The van der Waals surface area contributed by atoms with Gasteiger partial charge in [-0.3, -0.25) is 4.79 Å². The highest BCUT2D eigenvalue weighted by molar-refractivity contribution is 8.00. The standard InChI is InChI=1S/C25H26N4O2S2/c1-3-7-19-17-10-4-5-11-18(17)21-22-23(33-24(21)29-19)25(27-14-26-22)32-13-20(30)28-15-8-6-9-16(12-15)31-2/h6,8-9,12,14H,3-5,7,10-11,13H2,1-2H3,(H,28,30). The SMILES string of the molecule is CCCc1nc2sc3c(SCC(=O)Nc4cccc(OC)c4)ncnc3c2c2c1CCCC2. The number of benzene rings is 1. The summed E-state index contributed by atoms with van der Waals surface area (Å²) < 4.78 is 6.26. The molecule has 3 aromatic heterocycles. The summed E-state index contributed by atoms with van der Waals surface area (Å²) >= 11 is 3.10. The molecule has 0 fully saturated rings.